The first-order valence-electron chi connectivity index (χ1n) is 5.33. The first kappa shape index (κ1) is 10.8. The molecule has 4 heteroatoms. The molecule has 0 aliphatic carbocycles. The van der Waals surface area contributed by atoms with Crippen LogP contribution in [0.15, 0.2) is 28.7 Å². The monoisotopic (exact) mass is 217 g/mol. The number of hydrogen-bond donors (Lipinski definition) is 1. The molecule has 16 heavy (non-hydrogen) atoms. The van der Waals surface area contributed by atoms with E-state index in [1.54, 1.807) is 0 Å². The molecule has 2 rings (SSSR count). The van der Waals surface area contributed by atoms with Gasteiger partial charge in [-0.05, 0) is 17.7 Å². The third-order valence-electron chi connectivity index (χ3n) is 2.37. The van der Waals surface area contributed by atoms with Crippen LogP contribution in [0.5, 0.6) is 0 Å². The molecule has 0 saturated carbocycles. The van der Waals surface area contributed by atoms with Crippen LogP contribution >= 0.6 is 0 Å². The maximum Gasteiger partial charge on any atom is 0.247 e. The third-order valence-corrected chi connectivity index (χ3v) is 2.37. The zero-order valence-electron chi connectivity index (χ0n) is 9.47. The van der Waals surface area contributed by atoms with Crippen molar-refractivity contribution in [1.82, 2.24) is 10.2 Å². The van der Waals surface area contributed by atoms with Gasteiger partial charge in [0.05, 0.1) is 0 Å². The van der Waals surface area contributed by atoms with Crippen molar-refractivity contribution in [1.29, 1.82) is 0 Å². The van der Waals surface area contributed by atoms with Gasteiger partial charge in [-0.1, -0.05) is 26.0 Å². The molecule has 0 amide bonds. The van der Waals surface area contributed by atoms with Gasteiger partial charge in [0.25, 0.3) is 0 Å². The molecule has 0 saturated heterocycles. The molecule has 0 aliphatic rings. The van der Waals surface area contributed by atoms with Gasteiger partial charge >= 0.3 is 0 Å². The molecule has 2 N–H and O–H groups in total. The predicted octanol–water partition coefficient (Wildman–Crippen LogP) is 2.32. The summed E-state index contributed by atoms with van der Waals surface area (Å²) in [6, 6.07) is 7.82. The molecule has 0 unspecified atom stereocenters. The van der Waals surface area contributed by atoms with Crippen LogP contribution in [0.25, 0.3) is 11.5 Å². The van der Waals surface area contributed by atoms with Crippen molar-refractivity contribution in [3.63, 3.8) is 0 Å². The molecular weight excluding hydrogens is 202 g/mol. The summed E-state index contributed by atoms with van der Waals surface area (Å²) in [7, 11) is 0. The number of rotatable bonds is 3. The van der Waals surface area contributed by atoms with Crippen LogP contribution in [0.2, 0.25) is 0 Å². The van der Waals surface area contributed by atoms with Crippen LogP contribution in [-0.2, 0) is 6.54 Å². The minimum absolute atomic E-state index is 0.254. The minimum Gasteiger partial charge on any atom is -0.420 e. The molecule has 1 heterocycles. The Morgan fingerprint density at radius 3 is 2.38 bits per heavy atom. The molecule has 0 bridgehead atoms. The minimum atomic E-state index is 0.254. The van der Waals surface area contributed by atoms with E-state index in [0.717, 1.165) is 11.1 Å². The highest BCUT2D eigenvalue weighted by Crippen LogP contribution is 2.21. The van der Waals surface area contributed by atoms with Gasteiger partial charge in [0.1, 0.15) is 0 Å². The van der Waals surface area contributed by atoms with Crippen molar-refractivity contribution < 1.29 is 4.42 Å². The summed E-state index contributed by atoms with van der Waals surface area (Å²) in [6.45, 7) is 4.59. The number of nitrogens with zero attached hydrogens (tertiary/aromatic N) is 2. The molecule has 0 radical (unpaired) electrons. The van der Waals surface area contributed by atoms with E-state index in [9.17, 15) is 0 Å². The first-order valence-corrected chi connectivity index (χ1v) is 5.33. The number of hydrogen-bond acceptors (Lipinski definition) is 4. The fourth-order valence-corrected chi connectivity index (χ4v) is 1.37. The summed E-state index contributed by atoms with van der Waals surface area (Å²) in [5.41, 5.74) is 7.55. The summed E-state index contributed by atoms with van der Waals surface area (Å²) in [4.78, 5) is 0. The van der Waals surface area contributed by atoms with Gasteiger partial charge in [0, 0.05) is 18.0 Å². The molecule has 1 aromatic heterocycles. The van der Waals surface area contributed by atoms with Crippen LogP contribution in [-0.4, -0.2) is 10.2 Å². The Kier molecular flexibility index (Phi) is 3.01. The fourth-order valence-electron chi connectivity index (χ4n) is 1.37. The van der Waals surface area contributed by atoms with Crippen molar-refractivity contribution in [3.8, 4) is 11.5 Å². The van der Waals surface area contributed by atoms with Crippen LogP contribution in [0, 0.1) is 0 Å². The topological polar surface area (TPSA) is 64.9 Å². The Morgan fingerprint density at radius 1 is 1.19 bits per heavy atom. The Hall–Kier alpha value is -1.68. The van der Waals surface area contributed by atoms with Gasteiger partial charge in [-0.2, -0.15) is 0 Å². The quantitative estimate of drug-likeness (QED) is 0.856. The van der Waals surface area contributed by atoms with Gasteiger partial charge in [-0.3, -0.25) is 0 Å². The highest BCUT2D eigenvalue weighted by molar-refractivity contribution is 5.52. The van der Waals surface area contributed by atoms with Crippen molar-refractivity contribution in [3.05, 3.63) is 35.7 Å². The van der Waals surface area contributed by atoms with Gasteiger partial charge in [0.2, 0.25) is 11.8 Å². The van der Waals surface area contributed by atoms with Crippen LogP contribution in [0.3, 0.4) is 0 Å². The van der Waals surface area contributed by atoms with Gasteiger partial charge in [0.15, 0.2) is 0 Å². The smallest absolute Gasteiger partial charge is 0.247 e. The second kappa shape index (κ2) is 4.45. The van der Waals surface area contributed by atoms with Crippen LogP contribution in [0.4, 0.5) is 0 Å². The standard InChI is InChI=1S/C12H15N3O/c1-8(2)11-14-15-12(16-11)10-5-3-9(7-13)4-6-10/h3-6,8H,7,13H2,1-2H3. The first-order chi connectivity index (χ1) is 7.70. The van der Waals surface area contributed by atoms with Crippen molar-refractivity contribution in [2.24, 2.45) is 5.73 Å². The van der Waals surface area contributed by atoms with E-state index in [1.165, 1.54) is 0 Å². The van der Waals surface area contributed by atoms with Gasteiger partial charge in [-0.15, -0.1) is 10.2 Å². The molecule has 1 aromatic carbocycles. The highest BCUT2D eigenvalue weighted by atomic mass is 16.4. The van der Waals surface area contributed by atoms with Crippen molar-refractivity contribution >= 4 is 0 Å². The average molecular weight is 217 g/mol. The summed E-state index contributed by atoms with van der Waals surface area (Å²) in [5, 5.41) is 8.01. The number of nitrogens with two attached hydrogens (primary N) is 1. The van der Waals surface area contributed by atoms with Crippen LogP contribution in [0.1, 0.15) is 31.2 Å². The second-order valence-electron chi connectivity index (χ2n) is 4.00. The maximum absolute atomic E-state index is 5.55. The van der Waals surface area contributed by atoms with E-state index >= 15 is 0 Å². The Labute approximate surface area is 94.5 Å². The normalized spacial score (nSPS) is 11.0. The lowest BCUT2D eigenvalue weighted by molar-refractivity contribution is 0.481. The van der Waals surface area contributed by atoms with Gasteiger partial charge in [-0.25, -0.2) is 0 Å². The lowest BCUT2D eigenvalue weighted by Crippen LogP contribution is -1.95. The average Bonchev–Trinajstić information content (AvgIpc) is 2.78. The van der Waals surface area contributed by atoms with E-state index in [4.69, 9.17) is 10.2 Å². The maximum atomic E-state index is 5.55. The summed E-state index contributed by atoms with van der Waals surface area (Å²) in [6.07, 6.45) is 0. The van der Waals surface area contributed by atoms with Crippen molar-refractivity contribution in [2.75, 3.05) is 0 Å². The van der Waals surface area contributed by atoms with E-state index in [0.29, 0.717) is 18.3 Å². The second-order valence-corrected chi connectivity index (χ2v) is 4.00. The number of aromatic nitrogens is 2. The molecule has 0 fully saturated rings. The summed E-state index contributed by atoms with van der Waals surface area (Å²) in [5.74, 6) is 1.48. The van der Waals surface area contributed by atoms with Crippen molar-refractivity contribution in [2.45, 2.75) is 26.3 Å². The summed E-state index contributed by atoms with van der Waals surface area (Å²) < 4.78 is 5.55. The molecule has 4 nitrogen and oxygen atoms in total. The lowest BCUT2D eigenvalue weighted by atomic mass is 10.1. The zero-order valence-corrected chi connectivity index (χ0v) is 9.47. The van der Waals surface area contributed by atoms with E-state index in [1.807, 2.05) is 38.1 Å². The third kappa shape index (κ3) is 2.12. The summed E-state index contributed by atoms with van der Waals surface area (Å²) >= 11 is 0. The van der Waals surface area contributed by atoms with Gasteiger partial charge < -0.3 is 10.2 Å². The number of benzene rings is 1. The molecule has 0 atom stereocenters. The molecule has 2 aromatic rings. The predicted molar refractivity (Wildman–Crippen MR) is 61.7 cm³/mol. The van der Waals surface area contributed by atoms with E-state index in [2.05, 4.69) is 10.2 Å². The highest BCUT2D eigenvalue weighted by Gasteiger charge is 2.10. The molecule has 0 spiro atoms. The fraction of sp³-hybridized carbons (Fsp3) is 0.333. The Bertz CT molecular complexity index is 459. The SMILES string of the molecule is CC(C)c1nnc(-c2ccc(CN)cc2)o1. The Balaban J connectivity index is 2.28. The lowest BCUT2D eigenvalue weighted by Gasteiger charge is -1.98. The zero-order chi connectivity index (χ0) is 11.5. The Morgan fingerprint density at radius 2 is 1.88 bits per heavy atom. The molecular formula is C12H15N3O. The molecule has 84 valence electrons. The molecule has 0 aliphatic heterocycles. The van der Waals surface area contributed by atoms with Crippen LogP contribution < -0.4 is 5.73 Å². The van der Waals surface area contributed by atoms with E-state index < -0.39 is 0 Å². The largest absolute Gasteiger partial charge is 0.420 e. The van der Waals surface area contributed by atoms with E-state index in [-0.39, 0.29) is 5.92 Å².